The molecule has 78 valence electrons. The first-order chi connectivity index (χ1) is 6.67. The van der Waals surface area contributed by atoms with Gasteiger partial charge in [0, 0.05) is 12.6 Å². The van der Waals surface area contributed by atoms with Crippen LogP contribution in [0.3, 0.4) is 0 Å². The first kappa shape index (κ1) is 11.5. The molecule has 0 amide bonds. The average molecular weight is 262 g/mol. The van der Waals surface area contributed by atoms with Gasteiger partial charge in [-0.05, 0) is 34.5 Å². The van der Waals surface area contributed by atoms with Crippen molar-refractivity contribution in [3.63, 3.8) is 0 Å². The van der Waals surface area contributed by atoms with Crippen molar-refractivity contribution in [3.05, 3.63) is 28.5 Å². The van der Waals surface area contributed by atoms with Crippen LogP contribution in [0.2, 0.25) is 0 Å². The van der Waals surface area contributed by atoms with Crippen LogP contribution in [-0.2, 0) is 0 Å². The summed E-state index contributed by atoms with van der Waals surface area (Å²) in [6.07, 6.45) is 0.768. The van der Waals surface area contributed by atoms with Crippen LogP contribution in [0, 0.1) is 5.82 Å². The van der Waals surface area contributed by atoms with Gasteiger partial charge in [0.05, 0.1) is 4.47 Å². The largest absolute Gasteiger partial charge is 0.489 e. The van der Waals surface area contributed by atoms with Gasteiger partial charge in [-0.1, -0.05) is 6.92 Å². The molecular formula is C10H13BrFNO. The van der Waals surface area contributed by atoms with Crippen molar-refractivity contribution < 1.29 is 9.13 Å². The maximum Gasteiger partial charge on any atom is 0.141 e. The standard InChI is InChI=1S/C10H13BrFNO/c1-2-7(6-13)14-8-3-4-9(11)10(12)5-8/h3-5,7H,2,6,13H2,1H3. The van der Waals surface area contributed by atoms with Gasteiger partial charge in [0.2, 0.25) is 0 Å². The average Bonchev–Trinajstić information content (AvgIpc) is 2.19. The maximum atomic E-state index is 13.1. The number of ether oxygens (including phenoxy) is 1. The van der Waals surface area contributed by atoms with E-state index < -0.39 is 0 Å². The Morgan fingerprint density at radius 1 is 1.57 bits per heavy atom. The third-order valence-corrected chi connectivity index (χ3v) is 2.56. The van der Waals surface area contributed by atoms with Crippen molar-refractivity contribution in [3.8, 4) is 5.75 Å². The molecule has 1 unspecified atom stereocenters. The Kier molecular flexibility index (Phi) is 4.35. The Morgan fingerprint density at radius 3 is 2.79 bits per heavy atom. The van der Waals surface area contributed by atoms with Gasteiger partial charge < -0.3 is 10.5 Å². The zero-order chi connectivity index (χ0) is 10.6. The summed E-state index contributed by atoms with van der Waals surface area (Å²) >= 11 is 3.07. The molecule has 0 saturated carbocycles. The molecule has 0 aliphatic rings. The monoisotopic (exact) mass is 261 g/mol. The molecule has 0 aliphatic carbocycles. The summed E-state index contributed by atoms with van der Waals surface area (Å²) in [6, 6.07) is 4.68. The van der Waals surface area contributed by atoms with Gasteiger partial charge in [0.15, 0.2) is 0 Å². The fraction of sp³-hybridized carbons (Fsp3) is 0.400. The Hall–Kier alpha value is -0.610. The van der Waals surface area contributed by atoms with Gasteiger partial charge in [-0.25, -0.2) is 4.39 Å². The molecule has 0 bridgehead atoms. The first-order valence-electron chi connectivity index (χ1n) is 4.49. The van der Waals surface area contributed by atoms with Crippen LogP contribution in [0.25, 0.3) is 0 Å². The minimum Gasteiger partial charge on any atom is -0.489 e. The molecule has 4 heteroatoms. The van der Waals surface area contributed by atoms with Crippen LogP contribution in [0.5, 0.6) is 5.75 Å². The second-order valence-corrected chi connectivity index (χ2v) is 3.81. The smallest absolute Gasteiger partial charge is 0.141 e. The van der Waals surface area contributed by atoms with Gasteiger partial charge in [-0.2, -0.15) is 0 Å². The summed E-state index contributed by atoms with van der Waals surface area (Å²) in [5, 5.41) is 0. The number of hydrogen-bond acceptors (Lipinski definition) is 2. The molecule has 1 aromatic carbocycles. The third-order valence-electron chi connectivity index (χ3n) is 1.91. The van der Waals surface area contributed by atoms with E-state index in [0.717, 1.165) is 6.42 Å². The van der Waals surface area contributed by atoms with E-state index in [9.17, 15) is 4.39 Å². The zero-order valence-corrected chi connectivity index (χ0v) is 9.55. The molecule has 0 aliphatic heterocycles. The zero-order valence-electron chi connectivity index (χ0n) is 7.97. The molecule has 2 N–H and O–H groups in total. The molecule has 0 aromatic heterocycles. The summed E-state index contributed by atoms with van der Waals surface area (Å²) in [5.74, 6) is 0.192. The van der Waals surface area contributed by atoms with Gasteiger partial charge in [-0.3, -0.25) is 0 Å². The van der Waals surface area contributed by atoms with E-state index in [0.29, 0.717) is 16.8 Å². The van der Waals surface area contributed by atoms with Crippen LogP contribution in [0.4, 0.5) is 4.39 Å². The molecule has 0 heterocycles. The SMILES string of the molecule is CCC(CN)Oc1ccc(Br)c(F)c1. The predicted octanol–water partition coefficient (Wildman–Crippen LogP) is 2.70. The van der Waals surface area contributed by atoms with Gasteiger partial charge in [-0.15, -0.1) is 0 Å². The minimum atomic E-state index is -0.325. The molecule has 2 nitrogen and oxygen atoms in total. The molecule has 0 saturated heterocycles. The molecule has 0 spiro atoms. The van der Waals surface area contributed by atoms with Crippen LogP contribution in [0.1, 0.15) is 13.3 Å². The molecule has 0 fully saturated rings. The van der Waals surface area contributed by atoms with Crippen molar-refractivity contribution >= 4 is 15.9 Å². The van der Waals surface area contributed by atoms with Gasteiger partial charge >= 0.3 is 0 Å². The molecule has 1 atom stereocenters. The predicted molar refractivity (Wildman–Crippen MR) is 57.9 cm³/mol. The molecule has 1 aromatic rings. The number of hydrogen-bond donors (Lipinski definition) is 1. The van der Waals surface area contributed by atoms with E-state index in [2.05, 4.69) is 15.9 Å². The lowest BCUT2D eigenvalue weighted by Crippen LogP contribution is -2.25. The first-order valence-corrected chi connectivity index (χ1v) is 5.28. The fourth-order valence-electron chi connectivity index (χ4n) is 1.04. The van der Waals surface area contributed by atoms with Gasteiger partial charge in [0.1, 0.15) is 17.7 Å². The lowest BCUT2D eigenvalue weighted by molar-refractivity contribution is 0.204. The number of rotatable bonds is 4. The fourth-order valence-corrected chi connectivity index (χ4v) is 1.29. The lowest BCUT2D eigenvalue weighted by atomic mass is 10.2. The third kappa shape index (κ3) is 2.96. The van der Waals surface area contributed by atoms with Crippen molar-refractivity contribution in [2.75, 3.05) is 6.54 Å². The summed E-state index contributed by atoms with van der Waals surface area (Å²) in [7, 11) is 0. The second kappa shape index (κ2) is 5.32. The lowest BCUT2D eigenvalue weighted by Gasteiger charge is -2.15. The van der Waals surface area contributed by atoms with Crippen LogP contribution in [-0.4, -0.2) is 12.6 Å². The summed E-state index contributed by atoms with van der Waals surface area (Å²) in [6.45, 7) is 2.42. The van der Waals surface area contributed by atoms with E-state index in [1.807, 2.05) is 6.92 Å². The number of benzene rings is 1. The Balaban J connectivity index is 2.72. The molecule has 14 heavy (non-hydrogen) atoms. The maximum absolute atomic E-state index is 13.1. The van der Waals surface area contributed by atoms with Crippen LogP contribution >= 0.6 is 15.9 Å². The highest BCUT2D eigenvalue weighted by atomic mass is 79.9. The highest BCUT2D eigenvalue weighted by molar-refractivity contribution is 9.10. The van der Waals surface area contributed by atoms with Crippen LogP contribution in [0.15, 0.2) is 22.7 Å². The number of halogens is 2. The topological polar surface area (TPSA) is 35.2 Å². The van der Waals surface area contributed by atoms with Crippen molar-refractivity contribution in [1.82, 2.24) is 0 Å². The second-order valence-electron chi connectivity index (χ2n) is 2.96. The van der Waals surface area contributed by atoms with E-state index in [-0.39, 0.29) is 11.9 Å². The molecule has 1 rings (SSSR count). The van der Waals surface area contributed by atoms with Gasteiger partial charge in [0.25, 0.3) is 0 Å². The Bertz CT molecular complexity index is 302. The minimum absolute atomic E-state index is 0.0458. The van der Waals surface area contributed by atoms with Crippen molar-refractivity contribution in [2.45, 2.75) is 19.4 Å². The Labute approximate surface area is 91.4 Å². The van der Waals surface area contributed by atoms with Crippen LogP contribution < -0.4 is 10.5 Å². The van der Waals surface area contributed by atoms with E-state index in [1.54, 1.807) is 12.1 Å². The Morgan fingerprint density at radius 2 is 2.29 bits per heavy atom. The van der Waals surface area contributed by atoms with E-state index in [4.69, 9.17) is 10.5 Å². The molecule has 0 radical (unpaired) electrons. The highest BCUT2D eigenvalue weighted by Gasteiger charge is 2.07. The quantitative estimate of drug-likeness (QED) is 0.905. The summed E-state index contributed by atoms with van der Waals surface area (Å²) < 4.78 is 19.0. The highest BCUT2D eigenvalue weighted by Crippen LogP contribution is 2.21. The van der Waals surface area contributed by atoms with Crippen molar-refractivity contribution in [2.24, 2.45) is 5.73 Å². The molecular weight excluding hydrogens is 249 g/mol. The number of nitrogens with two attached hydrogens (primary N) is 1. The van der Waals surface area contributed by atoms with E-state index >= 15 is 0 Å². The normalized spacial score (nSPS) is 12.6. The van der Waals surface area contributed by atoms with E-state index in [1.165, 1.54) is 6.07 Å². The summed E-state index contributed by atoms with van der Waals surface area (Å²) in [5.41, 5.74) is 5.47. The summed E-state index contributed by atoms with van der Waals surface area (Å²) in [4.78, 5) is 0. The van der Waals surface area contributed by atoms with Crippen molar-refractivity contribution in [1.29, 1.82) is 0 Å².